The Morgan fingerprint density at radius 1 is 0.383 bits per heavy atom. The lowest BCUT2D eigenvalue weighted by molar-refractivity contribution is -0.870. The molecule has 0 aliphatic heterocycles. The fourth-order valence-electron chi connectivity index (χ4n) is 11.3. The number of hydrogen-bond acceptors (Lipinski definition) is 6. The van der Waals surface area contributed by atoms with Crippen LogP contribution in [0.2, 0.25) is 0 Å². The number of carbonyl (C=O) groups is 1. The number of unbranched alkanes of at least 4 members (excludes halogenated alkanes) is 37. The molecule has 0 saturated heterocycles. The Kier molecular flexibility index (Phi) is 71.2. The zero-order chi connectivity index (χ0) is 68.3. The Morgan fingerprint density at radius 3 is 0.947 bits per heavy atom. The first-order chi connectivity index (χ1) is 46.0. The molecule has 9 heteroatoms. The van der Waals surface area contributed by atoms with Gasteiger partial charge in [-0.15, -0.1) is 0 Å². The van der Waals surface area contributed by atoms with Crippen molar-refractivity contribution in [2.24, 2.45) is 0 Å². The number of aliphatic hydroxyl groups is 1. The van der Waals surface area contributed by atoms with E-state index in [1.165, 1.54) is 199 Å². The van der Waals surface area contributed by atoms with E-state index in [1.807, 2.05) is 21.1 Å². The number of carbonyl (C=O) groups excluding carboxylic acids is 1. The van der Waals surface area contributed by atoms with Crippen molar-refractivity contribution in [2.75, 3.05) is 40.9 Å². The highest BCUT2D eigenvalue weighted by Crippen LogP contribution is 2.38. The van der Waals surface area contributed by atoms with Crippen LogP contribution in [-0.4, -0.2) is 68.5 Å². The highest BCUT2D eigenvalue weighted by atomic mass is 31.2. The topological polar surface area (TPSA) is 108 Å². The zero-order valence-corrected chi connectivity index (χ0v) is 63.0. The van der Waals surface area contributed by atoms with Crippen LogP contribution in [0.15, 0.2) is 134 Å². The molecule has 542 valence electrons. The molecule has 0 fully saturated rings. The molecule has 0 radical (unpaired) electrons. The second-order valence-corrected chi connectivity index (χ2v) is 29.1. The number of quaternary nitrogens is 1. The number of phosphoric acid groups is 1. The van der Waals surface area contributed by atoms with Crippen LogP contribution >= 0.6 is 7.82 Å². The molecule has 0 heterocycles. The van der Waals surface area contributed by atoms with E-state index in [0.717, 1.165) is 122 Å². The van der Waals surface area contributed by atoms with Gasteiger partial charge in [-0.05, 0) is 96.3 Å². The fourth-order valence-corrected chi connectivity index (χ4v) is 12.1. The number of likely N-dealkylation sites (N-methyl/N-ethyl adjacent to an activating group) is 1. The Labute approximate surface area is 583 Å². The van der Waals surface area contributed by atoms with E-state index in [0.29, 0.717) is 23.9 Å². The van der Waals surface area contributed by atoms with Gasteiger partial charge in [-0.2, -0.15) is 0 Å². The second-order valence-electron chi connectivity index (χ2n) is 27.7. The Bertz CT molecular complexity index is 2000. The third-order valence-electron chi connectivity index (χ3n) is 17.4. The average molecular weight is 1330 g/mol. The average Bonchev–Trinajstić information content (AvgIpc) is 1.77. The molecule has 0 aromatic carbocycles. The Morgan fingerprint density at radius 2 is 0.649 bits per heavy atom. The summed E-state index contributed by atoms with van der Waals surface area (Å²) in [6, 6.07) is -0.819. The van der Waals surface area contributed by atoms with Crippen molar-refractivity contribution < 1.29 is 32.9 Å². The van der Waals surface area contributed by atoms with Gasteiger partial charge in [0.1, 0.15) is 13.2 Å². The van der Waals surface area contributed by atoms with Gasteiger partial charge in [0.05, 0.1) is 39.9 Å². The van der Waals surface area contributed by atoms with Gasteiger partial charge in [0.15, 0.2) is 0 Å². The van der Waals surface area contributed by atoms with Crippen LogP contribution in [0.5, 0.6) is 0 Å². The predicted octanol–water partition coefficient (Wildman–Crippen LogP) is 25.5. The maximum atomic E-state index is 13.1. The smallest absolute Gasteiger partial charge is 0.268 e. The molecule has 8 nitrogen and oxygen atoms in total. The molecule has 3 atom stereocenters. The van der Waals surface area contributed by atoms with Crippen molar-refractivity contribution in [1.29, 1.82) is 0 Å². The lowest BCUT2D eigenvalue weighted by Crippen LogP contribution is -2.46. The molecule has 0 bridgehead atoms. The Balaban J connectivity index is 4.07. The molecular weight excluding hydrogens is 1180 g/mol. The van der Waals surface area contributed by atoms with Crippen molar-refractivity contribution in [3.05, 3.63) is 134 Å². The third kappa shape index (κ3) is 76.0. The summed E-state index contributed by atoms with van der Waals surface area (Å²) in [7, 11) is 1.29. The van der Waals surface area contributed by atoms with Gasteiger partial charge in [-0.25, -0.2) is 0 Å². The van der Waals surface area contributed by atoms with Crippen LogP contribution in [-0.2, 0) is 18.4 Å². The Hall–Kier alpha value is -3.36. The predicted molar refractivity (Wildman–Crippen MR) is 412 cm³/mol. The van der Waals surface area contributed by atoms with E-state index in [-0.39, 0.29) is 19.1 Å². The number of nitrogens with zero attached hydrogens (tertiary/aromatic N) is 1. The first-order valence-electron chi connectivity index (χ1n) is 39.5. The summed E-state index contributed by atoms with van der Waals surface area (Å²) in [5.74, 6) is -0.176. The highest BCUT2D eigenvalue weighted by molar-refractivity contribution is 7.45. The number of aliphatic hydroxyl groups excluding tert-OH is 1. The first kappa shape index (κ1) is 90.6. The molecule has 0 aromatic rings. The van der Waals surface area contributed by atoms with Crippen molar-refractivity contribution in [3.63, 3.8) is 0 Å². The van der Waals surface area contributed by atoms with Crippen LogP contribution in [0.4, 0.5) is 0 Å². The van der Waals surface area contributed by atoms with Gasteiger partial charge in [0, 0.05) is 6.42 Å². The second kappa shape index (κ2) is 73.9. The maximum absolute atomic E-state index is 13.1. The van der Waals surface area contributed by atoms with Gasteiger partial charge < -0.3 is 28.8 Å². The molecule has 94 heavy (non-hydrogen) atoms. The molecular formula is C85H151N2O6P. The van der Waals surface area contributed by atoms with E-state index in [4.69, 9.17) is 9.05 Å². The SMILES string of the molecule is CC/C=C\C/C=C\C/C=C\C/C=C\C/C=C\C/C=C\C/C=C\C/C=C\C/C=C\C/C=C\C/C=C\CCCCCCCCCC(=O)NC(COP(=O)([O-])OCC[N+](C)(C)C)C(O)CCCCCCCCCCCCCCCCCCCCCCCCCCCCCCCCC. The minimum atomic E-state index is -4.60. The van der Waals surface area contributed by atoms with Crippen LogP contribution in [0.25, 0.3) is 0 Å². The van der Waals surface area contributed by atoms with Crippen LogP contribution in [0.1, 0.15) is 348 Å². The van der Waals surface area contributed by atoms with Gasteiger partial charge >= 0.3 is 0 Å². The summed E-state index contributed by atoms with van der Waals surface area (Å²) in [5.41, 5.74) is 0. The third-order valence-corrected chi connectivity index (χ3v) is 18.4. The van der Waals surface area contributed by atoms with Gasteiger partial charge in [-0.3, -0.25) is 9.36 Å². The standard InChI is InChI=1S/C85H151N2O6P/c1-6-8-10-12-14-16-18-20-22-24-26-28-30-32-34-36-38-39-40-41-42-43-44-45-46-47-49-51-53-55-57-59-61-63-65-67-69-71-73-75-77-79-85(89)86-83(82-93-94(90,91)92-81-80-87(3,4)5)84(88)78-76-74-72-70-68-66-64-62-60-58-56-54-52-50-48-37-35-33-31-29-27-25-23-21-19-17-15-13-11-9-7-2/h8,10,14,16,20,22,26,28,32,34,38-39,41-42,44-45,47,49,53,55,59,61,83-84,88H,6-7,9,11-13,15,17-19,21,23-25,27,29-31,33,35-37,40,43,46,48,50-52,54,56-58,60,62-82H2,1-5H3,(H-,86,89,90,91)/b10-8-,16-14-,22-20-,28-26-,34-32-,39-38-,42-41-,45-44-,49-47-,55-53-,61-59-. The lowest BCUT2D eigenvalue weighted by atomic mass is 10.0. The number of hydrogen-bond donors (Lipinski definition) is 2. The van der Waals surface area contributed by atoms with Crippen LogP contribution in [0, 0.1) is 0 Å². The minimum Gasteiger partial charge on any atom is -0.756 e. The summed E-state index contributed by atoms with van der Waals surface area (Å²) in [4.78, 5) is 25.7. The van der Waals surface area contributed by atoms with E-state index in [1.54, 1.807) is 0 Å². The largest absolute Gasteiger partial charge is 0.756 e. The van der Waals surface area contributed by atoms with Crippen LogP contribution in [0.3, 0.4) is 0 Å². The summed E-state index contributed by atoms with van der Waals surface area (Å²) < 4.78 is 23.6. The summed E-state index contributed by atoms with van der Waals surface area (Å²) in [6.45, 7) is 4.63. The first-order valence-corrected chi connectivity index (χ1v) is 41.0. The van der Waals surface area contributed by atoms with E-state index < -0.39 is 20.0 Å². The number of allylic oxidation sites excluding steroid dienone is 22. The lowest BCUT2D eigenvalue weighted by Gasteiger charge is -2.30. The van der Waals surface area contributed by atoms with E-state index in [2.05, 4.69) is 153 Å². The number of rotatable bonds is 72. The maximum Gasteiger partial charge on any atom is 0.268 e. The minimum absolute atomic E-state index is 0.00430. The molecule has 0 rings (SSSR count). The zero-order valence-electron chi connectivity index (χ0n) is 62.1. The quantitative estimate of drug-likeness (QED) is 0.0272. The highest BCUT2D eigenvalue weighted by Gasteiger charge is 2.24. The van der Waals surface area contributed by atoms with Gasteiger partial charge in [0.25, 0.3) is 7.82 Å². The van der Waals surface area contributed by atoms with Crippen molar-refractivity contribution in [2.45, 2.75) is 360 Å². The molecule has 0 saturated carbocycles. The molecule has 0 aromatic heterocycles. The molecule has 0 aliphatic carbocycles. The molecule has 1 amide bonds. The van der Waals surface area contributed by atoms with E-state index in [9.17, 15) is 19.4 Å². The van der Waals surface area contributed by atoms with Crippen molar-refractivity contribution >= 4 is 13.7 Å². The van der Waals surface area contributed by atoms with Crippen LogP contribution < -0.4 is 10.2 Å². The normalized spacial score (nSPS) is 14.2. The molecule has 0 spiro atoms. The molecule has 2 N–H and O–H groups in total. The number of phosphoric ester groups is 1. The summed E-state index contributed by atoms with van der Waals surface area (Å²) >= 11 is 0. The van der Waals surface area contributed by atoms with Crippen molar-refractivity contribution in [3.8, 4) is 0 Å². The number of amides is 1. The van der Waals surface area contributed by atoms with Gasteiger partial charge in [-0.1, -0.05) is 379 Å². The molecule has 0 aliphatic rings. The van der Waals surface area contributed by atoms with E-state index >= 15 is 0 Å². The van der Waals surface area contributed by atoms with Crippen molar-refractivity contribution in [1.82, 2.24) is 5.32 Å². The monoisotopic (exact) mass is 1330 g/mol. The summed E-state index contributed by atoms with van der Waals surface area (Å²) in [5, 5.41) is 14.1. The fraction of sp³-hybridized carbons (Fsp3) is 0.729. The molecule has 3 unspecified atom stereocenters. The number of nitrogens with one attached hydrogen (secondary N) is 1. The van der Waals surface area contributed by atoms with Gasteiger partial charge in [0.2, 0.25) is 5.91 Å². The summed E-state index contributed by atoms with van der Waals surface area (Å²) in [6.07, 6.45) is 111.